The van der Waals surface area contributed by atoms with E-state index >= 15 is 0 Å². The van der Waals surface area contributed by atoms with Crippen LogP contribution in [0.2, 0.25) is 0 Å². The minimum Gasteiger partial charge on any atom is -0.469 e. The van der Waals surface area contributed by atoms with Crippen LogP contribution in [0.5, 0.6) is 0 Å². The van der Waals surface area contributed by atoms with Crippen molar-refractivity contribution in [2.24, 2.45) is 0 Å². The molecule has 1 rings (SSSR count). The first kappa shape index (κ1) is 15.5. The third kappa shape index (κ3) is 5.30. The van der Waals surface area contributed by atoms with Gasteiger partial charge in [-0.1, -0.05) is 12.1 Å². The van der Waals surface area contributed by atoms with E-state index in [1.54, 1.807) is 6.92 Å². The second-order valence-corrected chi connectivity index (χ2v) is 4.26. The molecule has 19 heavy (non-hydrogen) atoms. The van der Waals surface area contributed by atoms with E-state index in [1.165, 1.54) is 19.2 Å². The van der Waals surface area contributed by atoms with Gasteiger partial charge in [-0.2, -0.15) is 13.2 Å². The highest BCUT2D eigenvalue weighted by molar-refractivity contribution is 5.69. The van der Waals surface area contributed by atoms with Gasteiger partial charge < -0.3 is 10.1 Å². The third-order valence-corrected chi connectivity index (χ3v) is 2.64. The van der Waals surface area contributed by atoms with Crippen molar-refractivity contribution in [1.82, 2.24) is 5.32 Å². The summed E-state index contributed by atoms with van der Waals surface area (Å²) in [7, 11) is 1.31. The van der Waals surface area contributed by atoms with Gasteiger partial charge in [0.05, 0.1) is 19.1 Å². The summed E-state index contributed by atoms with van der Waals surface area (Å²) in [4.78, 5) is 11.0. The molecule has 6 heteroatoms. The second-order valence-electron chi connectivity index (χ2n) is 4.26. The van der Waals surface area contributed by atoms with E-state index < -0.39 is 11.7 Å². The van der Waals surface area contributed by atoms with Crippen LogP contribution in [0.15, 0.2) is 24.3 Å². The summed E-state index contributed by atoms with van der Waals surface area (Å²) in [5.74, 6) is -0.326. The zero-order valence-corrected chi connectivity index (χ0v) is 10.8. The summed E-state index contributed by atoms with van der Waals surface area (Å²) in [6.45, 7) is 2.21. The van der Waals surface area contributed by atoms with E-state index in [0.717, 1.165) is 17.7 Å². The van der Waals surface area contributed by atoms with Crippen LogP contribution < -0.4 is 5.32 Å². The van der Waals surface area contributed by atoms with Gasteiger partial charge in [0.25, 0.3) is 0 Å². The van der Waals surface area contributed by atoms with Crippen LogP contribution in [0.3, 0.4) is 0 Å². The van der Waals surface area contributed by atoms with E-state index in [0.29, 0.717) is 6.54 Å². The first-order valence-electron chi connectivity index (χ1n) is 5.79. The Bertz CT molecular complexity index is 415. The average Bonchev–Trinajstić information content (AvgIpc) is 2.35. The maximum atomic E-state index is 12.3. The minimum absolute atomic E-state index is 0.102. The van der Waals surface area contributed by atoms with Gasteiger partial charge in [0.1, 0.15) is 0 Å². The van der Waals surface area contributed by atoms with Gasteiger partial charge in [0.15, 0.2) is 0 Å². The van der Waals surface area contributed by atoms with Crippen molar-refractivity contribution in [2.45, 2.75) is 32.1 Å². The van der Waals surface area contributed by atoms with Crippen LogP contribution >= 0.6 is 0 Å². The lowest BCUT2D eigenvalue weighted by Crippen LogP contribution is -2.28. The number of alkyl halides is 3. The van der Waals surface area contributed by atoms with Crippen LogP contribution in [-0.2, 0) is 22.3 Å². The average molecular weight is 275 g/mol. The molecule has 1 atom stereocenters. The summed E-state index contributed by atoms with van der Waals surface area (Å²) >= 11 is 0. The molecule has 1 aromatic rings. The summed E-state index contributed by atoms with van der Waals surface area (Å²) in [5, 5.41) is 3.04. The van der Waals surface area contributed by atoms with E-state index in [4.69, 9.17) is 0 Å². The highest BCUT2D eigenvalue weighted by Crippen LogP contribution is 2.29. The molecule has 1 aromatic carbocycles. The number of esters is 1. The number of halogens is 3. The van der Waals surface area contributed by atoms with E-state index in [2.05, 4.69) is 10.1 Å². The Hall–Kier alpha value is -1.56. The van der Waals surface area contributed by atoms with Crippen LogP contribution in [0, 0.1) is 0 Å². The summed E-state index contributed by atoms with van der Waals surface area (Å²) in [6, 6.07) is 4.82. The summed E-state index contributed by atoms with van der Waals surface area (Å²) < 4.78 is 41.6. The van der Waals surface area contributed by atoms with E-state index in [1.807, 2.05) is 0 Å². The first-order valence-corrected chi connectivity index (χ1v) is 5.79. The number of ether oxygens (including phenoxy) is 1. The number of methoxy groups -OCH3 is 1. The molecule has 0 bridgehead atoms. The monoisotopic (exact) mass is 275 g/mol. The van der Waals surface area contributed by atoms with Gasteiger partial charge in [-0.3, -0.25) is 4.79 Å². The zero-order valence-electron chi connectivity index (χ0n) is 10.8. The Morgan fingerprint density at radius 2 is 1.89 bits per heavy atom. The molecule has 0 aliphatic carbocycles. The minimum atomic E-state index is -4.32. The zero-order chi connectivity index (χ0) is 14.5. The fraction of sp³-hybridized carbons (Fsp3) is 0.462. The SMILES string of the molecule is COC(=O)CC(C)NCc1ccc(C(F)(F)F)cc1. The second kappa shape index (κ2) is 6.56. The van der Waals surface area contributed by atoms with Crippen molar-refractivity contribution in [1.29, 1.82) is 0 Å². The molecule has 0 spiro atoms. The summed E-state index contributed by atoms with van der Waals surface area (Å²) in [6.07, 6.45) is -4.10. The number of hydrogen-bond acceptors (Lipinski definition) is 3. The number of hydrogen-bond donors (Lipinski definition) is 1. The van der Waals surface area contributed by atoms with Crippen molar-refractivity contribution >= 4 is 5.97 Å². The largest absolute Gasteiger partial charge is 0.469 e. The Morgan fingerprint density at radius 3 is 2.37 bits per heavy atom. The summed E-state index contributed by atoms with van der Waals surface area (Å²) in [5.41, 5.74) is 0.0589. The van der Waals surface area contributed by atoms with E-state index in [-0.39, 0.29) is 18.4 Å². The molecule has 0 heterocycles. The molecule has 1 N–H and O–H groups in total. The van der Waals surface area contributed by atoms with Gasteiger partial charge >= 0.3 is 12.1 Å². The molecule has 0 saturated carbocycles. The molecule has 106 valence electrons. The Balaban J connectivity index is 2.48. The molecule has 0 aliphatic rings. The molecule has 0 amide bonds. The lowest BCUT2D eigenvalue weighted by atomic mass is 10.1. The topological polar surface area (TPSA) is 38.3 Å². The van der Waals surface area contributed by atoms with E-state index in [9.17, 15) is 18.0 Å². The maximum Gasteiger partial charge on any atom is 0.416 e. The normalized spacial score (nSPS) is 13.1. The number of carbonyl (C=O) groups is 1. The van der Waals surface area contributed by atoms with Gasteiger partial charge in [-0.25, -0.2) is 0 Å². The van der Waals surface area contributed by atoms with Crippen LogP contribution in [-0.4, -0.2) is 19.1 Å². The lowest BCUT2D eigenvalue weighted by Gasteiger charge is -2.13. The molecule has 0 fully saturated rings. The number of benzene rings is 1. The number of nitrogens with one attached hydrogen (secondary N) is 1. The molecule has 1 unspecified atom stereocenters. The molecule has 0 aromatic heterocycles. The number of rotatable bonds is 5. The van der Waals surface area contributed by atoms with Gasteiger partial charge in [-0.05, 0) is 24.6 Å². The van der Waals surface area contributed by atoms with Crippen molar-refractivity contribution < 1.29 is 22.7 Å². The fourth-order valence-corrected chi connectivity index (χ4v) is 1.51. The van der Waals surface area contributed by atoms with Crippen molar-refractivity contribution in [3.8, 4) is 0 Å². The molecule has 3 nitrogen and oxygen atoms in total. The molecule has 0 radical (unpaired) electrons. The maximum absolute atomic E-state index is 12.3. The highest BCUT2D eigenvalue weighted by atomic mass is 19.4. The first-order chi connectivity index (χ1) is 8.82. The molecule has 0 saturated heterocycles. The van der Waals surface area contributed by atoms with Crippen molar-refractivity contribution in [2.75, 3.05) is 7.11 Å². The van der Waals surface area contributed by atoms with Crippen LogP contribution in [0.1, 0.15) is 24.5 Å². The van der Waals surface area contributed by atoms with Crippen LogP contribution in [0.4, 0.5) is 13.2 Å². The predicted molar refractivity (Wildman–Crippen MR) is 64.4 cm³/mol. The standard InChI is InChI=1S/C13H16F3NO2/c1-9(7-12(18)19-2)17-8-10-3-5-11(6-4-10)13(14,15)16/h3-6,9,17H,7-8H2,1-2H3. The lowest BCUT2D eigenvalue weighted by molar-refractivity contribution is -0.141. The quantitative estimate of drug-likeness (QED) is 0.840. The van der Waals surface area contributed by atoms with Gasteiger partial charge in [0, 0.05) is 12.6 Å². The predicted octanol–water partition coefficient (Wildman–Crippen LogP) is 2.75. The van der Waals surface area contributed by atoms with Crippen molar-refractivity contribution in [3.63, 3.8) is 0 Å². The van der Waals surface area contributed by atoms with Crippen molar-refractivity contribution in [3.05, 3.63) is 35.4 Å². The van der Waals surface area contributed by atoms with Gasteiger partial charge in [0.2, 0.25) is 0 Å². The Morgan fingerprint density at radius 1 is 1.32 bits per heavy atom. The highest BCUT2D eigenvalue weighted by Gasteiger charge is 2.29. The van der Waals surface area contributed by atoms with Gasteiger partial charge in [-0.15, -0.1) is 0 Å². The third-order valence-electron chi connectivity index (χ3n) is 2.64. The smallest absolute Gasteiger partial charge is 0.416 e. The fourth-order valence-electron chi connectivity index (χ4n) is 1.51. The van der Waals surface area contributed by atoms with Crippen LogP contribution in [0.25, 0.3) is 0 Å². The Labute approximate surface area is 109 Å². The molecule has 0 aliphatic heterocycles. The number of carbonyl (C=O) groups excluding carboxylic acids is 1. The molecular weight excluding hydrogens is 259 g/mol. The Kier molecular flexibility index (Phi) is 5.35. The molecular formula is C13H16F3NO2.